The minimum Gasteiger partial charge on any atom is -0.315 e. The zero-order valence-corrected chi connectivity index (χ0v) is 13.8. The van der Waals surface area contributed by atoms with Crippen LogP contribution < -0.4 is 10.5 Å². The number of para-hydroxylation sites is 1. The number of aromatic amines is 1. The molecule has 1 amide bonds. The van der Waals surface area contributed by atoms with Gasteiger partial charge in [-0.1, -0.05) is 30.0 Å². The lowest BCUT2D eigenvalue weighted by Gasteiger charge is -2.20. The van der Waals surface area contributed by atoms with Crippen molar-refractivity contribution < 1.29 is 4.79 Å². The highest BCUT2D eigenvalue weighted by Gasteiger charge is 2.29. The Morgan fingerprint density at radius 3 is 3.00 bits per heavy atom. The van der Waals surface area contributed by atoms with Gasteiger partial charge in [-0.2, -0.15) is 5.10 Å². The van der Waals surface area contributed by atoms with Crippen LogP contribution in [0.4, 0.5) is 5.69 Å². The van der Waals surface area contributed by atoms with Crippen LogP contribution in [0.5, 0.6) is 0 Å². The number of nitrogens with zero attached hydrogens (tertiary/aromatic N) is 4. The van der Waals surface area contributed by atoms with E-state index < -0.39 is 0 Å². The molecule has 0 saturated carbocycles. The topological polar surface area (TPSA) is 83.9 Å². The first-order valence-corrected chi connectivity index (χ1v) is 8.53. The average molecular weight is 341 g/mol. The molecule has 1 aliphatic heterocycles. The third kappa shape index (κ3) is 2.39. The van der Waals surface area contributed by atoms with Crippen molar-refractivity contribution in [1.29, 1.82) is 0 Å². The van der Waals surface area contributed by atoms with Gasteiger partial charge in [-0.05, 0) is 12.1 Å². The summed E-state index contributed by atoms with van der Waals surface area (Å²) in [7, 11) is 1.75. The molecule has 1 atom stereocenters. The Hall–Kier alpha value is -2.61. The zero-order chi connectivity index (χ0) is 16.7. The summed E-state index contributed by atoms with van der Waals surface area (Å²) in [4.78, 5) is 31.3. The Labute approximate surface area is 141 Å². The van der Waals surface area contributed by atoms with Gasteiger partial charge in [-0.25, -0.2) is 4.98 Å². The van der Waals surface area contributed by atoms with Gasteiger partial charge >= 0.3 is 0 Å². The van der Waals surface area contributed by atoms with Gasteiger partial charge in [0.25, 0.3) is 5.56 Å². The number of thioether (sulfide) groups is 1. The number of aromatic nitrogens is 4. The first-order chi connectivity index (χ1) is 11.6. The van der Waals surface area contributed by atoms with Crippen LogP contribution in [-0.4, -0.2) is 38.5 Å². The van der Waals surface area contributed by atoms with Crippen LogP contribution >= 0.6 is 11.8 Å². The van der Waals surface area contributed by atoms with Gasteiger partial charge in [0.1, 0.15) is 5.39 Å². The molecule has 7 nitrogen and oxygen atoms in total. The predicted molar refractivity (Wildman–Crippen MR) is 92.4 cm³/mol. The number of H-pyrrole nitrogens is 1. The summed E-state index contributed by atoms with van der Waals surface area (Å²) < 4.78 is 1.62. The van der Waals surface area contributed by atoms with E-state index in [4.69, 9.17) is 0 Å². The summed E-state index contributed by atoms with van der Waals surface area (Å²) in [5.74, 6) is 0.634. The fraction of sp³-hybridized carbons (Fsp3) is 0.250. The molecule has 24 heavy (non-hydrogen) atoms. The van der Waals surface area contributed by atoms with Gasteiger partial charge in [-0.3, -0.25) is 19.3 Å². The maximum absolute atomic E-state index is 12.6. The Balaban J connectivity index is 1.62. The molecule has 8 heteroatoms. The fourth-order valence-corrected chi connectivity index (χ4v) is 3.98. The van der Waals surface area contributed by atoms with Gasteiger partial charge in [0, 0.05) is 24.9 Å². The molecule has 0 aliphatic carbocycles. The number of carbonyl (C=O) groups excluding carboxylic acids is 1. The van der Waals surface area contributed by atoms with Crippen LogP contribution in [0.2, 0.25) is 0 Å². The van der Waals surface area contributed by atoms with Crippen LogP contribution in [0, 0.1) is 0 Å². The summed E-state index contributed by atoms with van der Waals surface area (Å²) in [5, 5.41) is 7.68. The molecular weight excluding hydrogens is 326 g/mol. The van der Waals surface area contributed by atoms with Crippen LogP contribution in [0.3, 0.4) is 0 Å². The summed E-state index contributed by atoms with van der Waals surface area (Å²) in [6.45, 7) is 0. The lowest BCUT2D eigenvalue weighted by atomic mass is 10.2. The van der Waals surface area contributed by atoms with Crippen molar-refractivity contribution in [2.75, 3.05) is 17.7 Å². The van der Waals surface area contributed by atoms with Gasteiger partial charge < -0.3 is 4.90 Å². The van der Waals surface area contributed by atoms with Crippen LogP contribution in [-0.2, 0) is 4.79 Å². The van der Waals surface area contributed by atoms with Crippen molar-refractivity contribution in [3.8, 4) is 0 Å². The Bertz CT molecular complexity index is 966. The van der Waals surface area contributed by atoms with Crippen molar-refractivity contribution in [2.45, 2.75) is 17.6 Å². The minimum atomic E-state index is -0.192. The number of anilines is 1. The normalized spacial score (nSPS) is 16.3. The molecular formula is C16H15N5O2S. The van der Waals surface area contributed by atoms with Crippen molar-refractivity contribution in [3.05, 3.63) is 46.9 Å². The van der Waals surface area contributed by atoms with Crippen molar-refractivity contribution in [2.24, 2.45) is 0 Å². The molecule has 3 heterocycles. The monoisotopic (exact) mass is 341 g/mol. The van der Waals surface area contributed by atoms with Gasteiger partial charge in [0.05, 0.1) is 12.2 Å². The molecule has 122 valence electrons. The molecule has 0 radical (unpaired) electrons. The van der Waals surface area contributed by atoms with Gasteiger partial charge in [-0.15, -0.1) is 0 Å². The van der Waals surface area contributed by atoms with Crippen molar-refractivity contribution >= 4 is 34.4 Å². The van der Waals surface area contributed by atoms with E-state index in [0.29, 0.717) is 21.9 Å². The second kappa shape index (κ2) is 5.79. The largest absolute Gasteiger partial charge is 0.315 e. The molecule has 4 rings (SSSR count). The van der Waals surface area contributed by atoms with E-state index in [0.717, 1.165) is 5.69 Å². The number of hydrogen-bond acceptors (Lipinski definition) is 5. The van der Waals surface area contributed by atoms with Crippen molar-refractivity contribution in [3.63, 3.8) is 0 Å². The highest BCUT2D eigenvalue weighted by atomic mass is 32.2. The summed E-state index contributed by atoms with van der Waals surface area (Å²) in [6, 6.07) is 9.28. The molecule has 3 aromatic rings. The molecule has 1 N–H and O–H groups in total. The van der Waals surface area contributed by atoms with E-state index in [1.807, 2.05) is 30.3 Å². The molecule has 0 bridgehead atoms. The number of carbonyl (C=O) groups is 1. The molecule has 0 fully saturated rings. The Kier molecular flexibility index (Phi) is 3.61. The molecule has 1 aromatic carbocycles. The van der Waals surface area contributed by atoms with E-state index in [1.165, 1.54) is 18.0 Å². The lowest BCUT2D eigenvalue weighted by Crippen LogP contribution is -2.32. The van der Waals surface area contributed by atoms with Crippen LogP contribution in [0.1, 0.15) is 12.5 Å². The second-order valence-corrected chi connectivity index (χ2v) is 6.65. The second-order valence-electron chi connectivity index (χ2n) is 5.66. The van der Waals surface area contributed by atoms with E-state index in [-0.39, 0.29) is 23.9 Å². The highest BCUT2D eigenvalue weighted by molar-refractivity contribution is 7.99. The summed E-state index contributed by atoms with van der Waals surface area (Å²) >= 11 is 1.49. The standard InChI is InChI=1S/C16H15N5O2S/c1-20(10-5-3-2-4-6-10)13(22)7-11-9-24-16-18-14-12(8-17-19-14)15(23)21(11)16/h2-6,8,11H,7,9H2,1H3,(H,17,19). The summed E-state index contributed by atoms with van der Waals surface area (Å²) in [5.41, 5.74) is 1.19. The third-order valence-corrected chi connectivity index (χ3v) is 5.28. The number of fused-ring (bicyclic) bond motifs is 2. The van der Waals surface area contributed by atoms with Gasteiger partial charge in [0.15, 0.2) is 10.8 Å². The SMILES string of the molecule is CN(C(=O)CC1CSc2nc3[nH]ncc3c(=O)n21)c1ccccc1. The molecule has 0 spiro atoms. The summed E-state index contributed by atoms with van der Waals surface area (Å²) in [6.07, 6.45) is 1.74. The number of benzene rings is 1. The molecule has 0 saturated heterocycles. The third-order valence-electron chi connectivity index (χ3n) is 4.18. The average Bonchev–Trinajstić information content (AvgIpc) is 3.23. The number of amides is 1. The maximum Gasteiger partial charge on any atom is 0.265 e. The zero-order valence-electron chi connectivity index (χ0n) is 13.0. The Morgan fingerprint density at radius 1 is 1.42 bits per heavy atom. The number of nitrogens with one attached hydrogen (secondary N) is 1. The van der Waals surface area contributed by atoms with Crippen molar-refractivity contribution in [1.82, 2.24) is 19.7 Å². The first-order valence-electron chi connectivity index (χ1n) is 7.55. The van der Waals surface area contributed by atoms with Crippen LogP contribution in [0.15, 0.2) is 46.5 Å². The quantitative estimate of drug-likeness (QED) is 0.735. The number of hydrogen-bond donors (Lipinski definition) is 1. The van der Waals surface area contributed by atoms with E-state index in [1.54, 1.807) is 16.5 Å². The maximum atomic E-state index is 12.6. The minimum absolute atomic E-state index is 0.0289. The lowest BCUT2D eigenvalue weighted by molar-refractivity contribution is -0.119. The molecule has 1 unspecified atom stereocenters. The van der Waals surface area contributed by atoms with Crippen LogP contribution in [0.25, 0.3) is 11.0 Å². The highest BCUT2D eigenvalue weighted by Crippen LogP contribution is 2.33. The smallest absolute Gasteiger partial charge is 0.265 e. The fourth-order valence-electron chi connectivity index (χ4n) is 2.84. The Morgan fingerprint density at radius 2 is 2.21 bits per heavy atom. The first kappa shape index (κ1) is 14.9. The van der Waals surface area contributed by atoms with E-state index in [9.17, 15) is 9.59 Å². The predicted octanol–water partition coefficient (Wildman–Crippen LogP) is 1.82. The van der Waals surface area contributed by atoms with E-state index in [2.05, 4.69) is 15.2 Å². The molecule has 2 aromatic heterocycles. The van der Waals surface area contributed by atoms with E-state index >= 15 is 0 Å². The molecule has 1 aliphatic rings. The number of rotatable bonds is 3. The van der Waals surface area contributed by atoms with Gasteiger partial charge in [0.2, 0.25) is 5.91 Å².